The van der Waals surface area contributed by atoms with E-state index in [1.54, 1.807) is 11.0 Å². The summed E-state index contributed by atoms with van der Waals surface area (Å²) in [4.78, 5) is 14.0. The van der Waals surface area contributed by atoms with Gasteiger partial charge in [-0.15, -0.1) is 0 Å². The molecule has 1 fully saturated rings. The van der Waals surface area contributed by atoms with Gasteiger partial charge in [-0.3, -0.25) is 4.79 Å². The number of ether oxygens (including phenoxy) is 1. The molecule has 1 atom stereocenters. The van der Waals surface area contributed by atoms with Crippen molar-refractivity contribution >= 4 is 5.91 Å². The van der Waals surface area contributed by atoms with E-state index in [1.165, 1.54) is 12.1 Å². The Morgan fingerprint density at radius 1 is 1.60 bits per heavy atom. The number of amides is 1. The molecule has 1 unspecified atom stereocenters. The van der Waals surface area contributed by atoms with Crippen LogP contribution >= 0.6 is 0 Å². The van der Waals surface area contributed by atoms with E-state index in [0.29, 0.717) is 25.3 Å². The van der Waals surface area contributed by atoms with Gasteiger partial charge in [0, 0.05) is 12.1 Å². The maximum Gasteiger partial charge on any atom is 0.254 e. The lowest BCUT2D eigenvalue weighted by Crippen LogP contribution is -2.47. The molecule has 20 heavy (non-hydrogen) atoms. The first-order valence-electron chi connectivity index (χ1n) is 6.50. The van der Waals surface area contributed by atoms with Crippen molar-refractivity contribution in [2.24, 2.45) is 5.73 Å². The summed E-state index contributed by atoms with van der Waals surface area (Å²) in [5.74, 6) is 4.54. The maximum atomic E-state index is 13.9. The van der Waals surface area contributed by atoms with Crippen LogP contribution in [-0.2, 0) is 4.74 Å². The quantitative estimate of drug-likeness (QED) is 0.778. The minimum absolute atomic E-state index is 0.00369. The number of nitrogens with zero attached hydrogens (tertiary/aromatic N) is 1. The van der Waals surface area contributed by atoms with Crippen LogP contribution in [0.3, 0.4) is 0 Å². The van der Waals surface area contributed by atoms with E-state index in [1.807, 2.05) is 6.92 Å². The molecule has 0 spiro atoms. The smallest absolute Gasteiger partial charge is 0.254 e. The Labute approximate surface area is 117 Å². The second-order valence-corrected chi connectivity index (χ2v) is 4.62. The fourth-order valence-corrected chi connectivity index (χ4v) is 2.09. The monoisotopic (exact) mass is 276 g/mol. The number of carbonyl (C=O) groups is 1. The zero-order valence-corrected chi connectivity index (χ0v) is 11.4. The van der Waals surface area contributed by atoms with Crippen LogP contribution in [-0.4, -0.2) is 43.2 Å². The van der Waals surface area contributed by atoms with Crippen LogP contribution < -0.4 is 5.73 Å². The molecule has 2 N–H and O–H groups in total. The van der Waals surface area contributed by atoms with E-state index in [9.17, 15) is 9.18 Å². The average molecular weight is 276 g/mol. The molecule has 1 saturated heterocycles. The van der Waals surface area contributed by atoms with Gasteiger partial charge in [-0.05, 0) is 25.1 Å². The highest BCUT2D eigenvalue weighted by Crippen LogP contribution is 2.15. The number of carbonyl (C=O) groups excluding carboxylic acids is 1. The fourth-order valence-electron chi connectivity index (χ4n) is 2.09. The zero-order chi connectivity index (χ0) is 14.5. The number of halogens is 1. The summed E-state index contributed by atoms with van der Waals surface area (Å²) >= 11 is 0. The van der Waals surface area contributed by atoms with Crippen molar-refractivity contribution in [3.63, 3.8) is 0 Å². The summed E-state index contributed by atoms with van der Waals surface area (Å²) in [5, 5.41) is 0. The summed E-state index contributed by atoms with van der Waals surface area (Å²) in [6.45, 7) is 3.63. The predicted octanol–water partition coefficient (Wildman–Crippen LogP) is 0.997. The summed E-state index contributed by atoms with van der Waals surface area (Å²) in [5.41, 5.74) is 5.83. The van der Waals surface area contributed by atoms with Crippen molar-refractivity contribution in [2.45, 2.75) is 13.0 Å². The Kier molecular flexibility index (Phi) is 4.72. The number of hydrogen-bond donors (Lipinski definition) is 1. The van der Waals surface area contributed by atoms with Crippen molar-refractivity contribution in [1.29, 1.82) is 0 Å². The summed E-state index contributed by atoms with van der Waals surface area (Å²) in [6, 6.07) is 4.33. The Morgan fingerprint density at radius 3 is 3.05 bits per heavy atom. The largest absolute Gasteiger partial charge is 0.377 e. The molecule has 1 amide bonds. The second kappa shape index (κ2) is 6.51. The highest BCUT2D eigenvalue weighted by atomic mass is 19.1. The standard InChI is InChI=1S/C15H17FN2O2/c1-11-10-20-8-7-18(11)15(19)13-5-4-12(3-2-6-17)14(16)9-13/h4-5,9,11H,6-8,10,17H2,1H3. The van der Waals surface area contributed by atoms with Crippen molar-refractivity contribution in [2.75, 3.05) is 26.3 Å². The third kappa shape index (κ3) is 3.16. The SMILES string of the molecule is CC1COCCN1C(=O)c1ccc(C#CCN)c(F)c1. The van der Waals surface area contributed by atoms with Crippen LogP contribution in [0, 0.1) is 17.7 Å². The number of benzene rings is 1. The van der Waals surface area contributed by atoms with Crippen LogP contribution in [0.5, 0.6) is 0 Å². The molecule has 1 aromatic carbocycles. The first kappa shape index (κ1) is 14.5. The van der Waals surface area contributed by atoms with E-state index < -0.39 is 5.82 Å². The van der Waals surface area contributed by atoms with Gasteiger partial charge >= 0.3 is 0 Å². The Morgan fingerprint density at radius 2 is 2.40 bits per heavy atom. The Hall–Kier alpha value is -1.90. The molecular formula is C15H17FN2O2. The first-order valence-corrected chi connectivity index (χ1v) is 6.50. The van der Waals surface area contributed by atoms with Gasteiger partial charge in [-0.2, -0.15) is 0 Å². The van der Waals surface area contributed by atoms with Crippen molar-refractivity contribution < 1.29 is 13.9 Å². The third-order valence-corrected chi connectivity index (χ3v) is 3.17. The molecule has 106 valence electrons. The summed E-state index contributed by atoms with van der Waals surface area (Å²) in [7, 11) is 0. The van der Waals surface area contributed by atoms with Crippen molar-refractivity contribution in [3.8, 4) is 11.8 Å². The van der Waals surface area contributed by atoms with E-state index in [-0.39, 0.29) is 24.1 Å². The van der Waals surface area contributed by atoms with Crippen LogP contribution in [0.1, 0.15) is 22.8 Å². The molecule has 5 heteroatoms. The summed E-state index contributed by atoms with van der Waals surface area (Å²) < 4.78 is 19.1. The molecule has 0 radical (unpaired) electrons. The minimum Gasteiger partial charge on any atom is -0.377 e. The van der Waals surface area contributed by atoms with E-state index in [4.69, 9.17) is 10.5 Å². The average Bonchev–Trinajstić information content (AvgIpc) is 2.46. The number of hydrogen-bond acceptors (Lipinski definition) is 3. The first-order chi connectivity index (χ1) is 9.63. The van der Waals surface area contributed by atoms with Crippen molar-refractivity contribution in [1.82, 2.24) is 4.90 Å². The molecule has 0 aromatic heterocycles. The van der Waals surface area contributed by atoms with Crippen LogP contribution in [0.15, 0.2) is 18.2 Å². The molecule has 1 aromatic rings. The molecule has 0 bridgehead atoms. The Balaban J connectivity index is 2.20. The van der Waals surface area contributed by atoms with Gasteiger partial charge in [0.2, 0.25) is 0 Å². The topological polar surface area (TPSA) is 55.6 Å². The number of morpholine rings is 1. The van der Waals surface area contributed by atoms with E-state index in [2.05, 4.69) is 11.8 Å². The highest BCUT2D eigenvalue weighted by molar-refractivity contribution is 5.94. The van der Waals surface area contributed by atoms with Gasteiger partial charge in [0.05, 0.1) is 31.4 Å². The molecule has 0 saturated carbocycles. The lowest BCUT2D eigenvalue weighted by Gasteiger charge is -2.33. The van der Waals surface area contributed by atoms with Crippen LogP contribution in [0.2, 0.25) is 0 Å². The third-order valence-electron chi connectivity index (χ3n) is 3.17. The van der Waals surface area contributed by atoms with Gasteiger partial charge < -0.3 is 15.4 Å². The molecule has 1 aliphatic heterocycles. The molecule has 0 aliphatic carbocycles. The van der Waals surface area contributed by atoms with Gasteiger partial charge in [0.1, 0.15) is 5.82 Å². The lowest BCUT2D eigenvalue weighted by atomic mass is 10.1. The number of nitrogens with two attached hydrogens (primary N) is 1. The number of rotatable bonds is 1. The molecular weight excluding hydrogens is 259 g/mol. The lowest BCUT2D eigenvalue weighted by molar-refractivity contribution is 0.00357. The van der Waals surface area contributed by atoms with Crippen LogP contribution in [0.4, 0.5) is 4.39 Å². The van der Waals surface area contributed by atoms with Crippen LogP contribution in [0.25, 0.3) is 0 Å². The summed E-state index contributed by atoms with van der Waals surface area (Å²) in [6.07, 6.45) is 0. The van der Waals surface area contributed by atoms with Gasteiger partial charge in [-0.25, -0.2) is 4.39 Å². The molecule has 4 nitrogen and oxygen atoms in total. The van der Waals surface area contributed by atoms with E-state index >= 15 is 0 Å². The predicted molar refractivity (Wildman–Crippen MR) is 73.6 cm³/mol. The highest BCUT2D eigenvalue weighted by Gasteiger charge is 2.25. The zero-order valence-electron chi connectivity index (χ0n) is 11.4. The van der Waals surface area contributed by atoms with Gasteiger partial charge in [0.25, 0.3) is 5.91 Å². The molecule has 1 aliphatic rings. The molecule has 2 rings (SSSR count). The van der Waals surface area contributed by atoms with Gasteiger partial charge in [0.15, 0.2) is 0 Å². The van der Waals surface area contributed by atoms with Crippen molar-refractivity contribution in [3.05, 3.63) is 35.1 Å². The van der Waals surface area contributed by atoms with E-state index in [0.717, 1.165) is 0 Å². The molecule has 1 heterocycles. The second-order valence-electron chi connectivity index (χ2n) is 4.62. The maximum absolute atomic E-state index is 13.9. The normalized spacial score (nSPS) is 18.4. The van der Waals surface area contributed by atoms with Gasteiger partial charge in [-0.1, -0.05) is 11.8 Å². The Bertz CT molecular complexity index is 563. The minimum atomic E-state index is -0.502. The fraction of sp³-hybridized carbons (Fsp3) is 0.400.